The molecule has 0 saturated heterocycles. The Morgan fingerprint density at radius 1 is 1.29 bits per heavy atom. The molecular formula is C10H13ClN2O3S. The van der Waals surface area contributed by atoms with Crippen molar-refractivity contribution in [2.24, 2.45) is 5.73 Å². The summed E-state index contributed by atoms with van der Waals surface area (Å²) >= 11 is 5.45. The monoisotopic (exact) mass is 276 g/mol. The molecule has 5 nitrogen and oxygen atoms in total. The highest BCUT2D eigenvalue weighted by Gasteiger charge is 2.14. The lowest BCUT2D eigenvalue weighted by molar-refractivity contribution is 0.233. The van der Waals surface area contributed by atoms with Gasteiger partial charge < -0.3 is 5.73 Å². The number of halogens is 1. The number of amides is 2. The van der Waals surface area contributed by atoms with E-state index in [-0.39, 0.29) is 23.6 Å². The van der Waals surface area contributed by atoms with Gasteiger partial charge in [-0.1, -0.05) is 18.2 Å². The Morgan fingerprint density at radius 2 is 1.88 bits per heavy atom. The Labute approximate surface area is 105 Å². The number of hydrogen-bond acceptors (Lipinski definition) is 3. The third-order valence-corrected chi connectivity index (χ3v) is 4.26. The Balaban J connectivity index is 2.55. The first-order chi connectivity index (χ1) is 7.93. The predicted octanol–water partition coefficient (Wildman–Crippen LogP) is 1.38. The molecule has 0 fully saturated rings. The van der Waals surface area contributed by atoms with E-state index in [2.05, 4.69) is 0 Å². The number of nitrogens with two attached hydrogens (primary N) is 1. The van der Waals surface area contributed by atoms with Crippen molar-refractivity contribution in [2.75, 3.05) is 12.3 Å². The molecule has 0 aromatic heterocycles. The maximum absolute atomic E-state index is 11.8. The molecule has 2 N–H and O–H groups in total. The number of hydrogen-bond donors (Lipinski definition) is 1. The highest BCUT2D eigenvalue weighted by Crippen LogP contribution is 2.11. The lowest BCUT2D eigenvalue weighted by Gasteiger charge is -2.10. The van der Waals surface area contributed by atoms with Crippen LogP contribution in [0.1, 0.15) is 6.42 Å². The smallest absolute Gasteiger partial charge is 0.329 e. The summed E-state index contributed by atoms with van der Waals surface area (Å²) in [7, 11) is -3.32. The summed E-state index contributed by atoms with van der Waals surface area (Å²) in [4.78, 5) is 10.9. The van der Waals surface area contributed by atoms with Gasteiger partial charge in [0.1, 0.15) is 0 Å². The molecule has 0 atom stereocenters. The van der Waals surface area contributed by atoms with Gasteiger partial charge in [-0.3, -0.25) is 0 Å². The van der Waals surface area contributed by atoms with Crippen LogP contribution in [0.4, 0.5) is 4.79 Å². The second kappa shape index (κ2) is 5.88. The van der Waals surface area contributed by atoms with Gasteiger partial charge in [0, 0.05) is 18.3 Å². The summed E-state index contributed by atoms with van der Waals surface area (Å²) < 4.78 is 24.4. The van der Waals surface area contributed by atoms with Gasteiger partial charge in [0.15, 0.2) is 9.84 Å². The quantitative estimate of drug-likeness (QED) is 0.825. The van der Waals surface area contributed by atoms with Crippen LogP contribution in [-0.4, -0.2) is 31.2 Å². The Bertz CT molecular complexity index is 476. The van der Waals surface area contributed by atoms with E-state index >= 15 is 0 Å². The van der Waals surface area contributed by atoms with Crippen molar-refractivity contribution in [3.05, 3.63) is 30.3 Å². The second-order valence-corrected chi connectivity index (χ2v) is 5.93. The fourth-order valence-electron chi connectivity index (χ4n) is 1.25. The van der Waals surface area contributed by atoms with E-state index in [1.807, 2.05) is 0 Å². The minimum Gasteiger partial charge on any atom is -0.350 e. The van der Waals surface area contributed by atoms with Crippen molar-refractivity contribution in [3.63, 3.8) is 0 Å². The van der Waals surface area contributed by atoms with Gasteiger partial charge in [0.05, 0.1) is 10.6 Å². The molecule has 0 aliphatic heterocycles. The highest BCUT2D eigenvalue weighted by molar-refractivity contribution is 7.91. The van der Waals surface area contributed by atoms with Crippen LogP contribution in [0.5, 0.6) is 0 Å². The fraction of sp³-hybridized carbons (Fsp3) is 0.300. The number of benzene rings is 1. The van der Waals surface area contributed by atoms with Crippen LogP contribution < -0.4 is 5.73 Å². The predicted molar refractivity (Wildman–Crippen MR) is 65.3 cm³/mol. The third kappa shape index (κ3) is 4.24. The number of carbonyl (C=O) groups is 1. The fourth-order valence-corrected chi connectivity index (χ4v) is 2.69. The molecule has 0 aliphatic carbocycles. The van der Waals surface area contributed by atoms with Gasteiger partial charge >= 0.3 is 6.03 Å². The summed E-state index contributed by atoms with van der Waals surface area (Å²) in [5.74, 6) is -0.0759. The number of urea groups is 1. The molecular weight excluding hydrogens is 264 g/mol. The van der Waals surface area contributed by atoms with Crippen LogP contribution in [0.15, 0.2) is 35.2 Å². The van der Waals surface area contributed by atoms with Gasteiger partial charge in [-0.15, -0.1) is 0 Å². The SMILES string of the molecule is NC(=O)N(Cl)CCCS(=O)(=O)c1ccccc1. The van der Waals surface area contributed by atoms with E-state index in [1.165, 1.54) is 12.1 Å². The maximum atomic E-state index is 11.8. The van der Waals surface area contributed by atoms with Gasteiger partial charge in [-0.05, 0) is 18.6 Å². The van der Waals surface area contributed by atoms with E-state index in [0.29, 0.717) is 0 Å². The normalized spacial score (nSPS) is 11.1. The first kappa shape index (κ1) is 13.8. The van der Waals surface area contributed by atoms with Crippen molar-refractivity contribution in [1.29, 1.82) is 0 Å². The van der Waals surface area contributed by atoms with Crippen LogP contribution in [0.3, 0.4) is 0 Å². The van der Waals surface area contributed by atoms with E-state index in [0.717, 1.165) is 4.42 Å². The lowest BCUT2D eigenvalue weighted by atomic mass is 10.4. The number of sulfone groups is 1. The zero-order valence-electron chi connectivity index (χ0n) is 9.04. The number of rotatable bonds is 5. The first-order valence-electron chi connectivity index (χ1n) is 4.94. The van der Waals surface area contributed by atoms with Crippen molar-refractivity contribution < 1.29 is 13.2 Å². The highest BCUT2D eigenvalue weighted by atomic mass is 35.5. The van der Waals surface area contributed by atoms with Crippen molar-refractivity contribution in [2.45, 2.75) is 11.3 Å². The molecule has 0 unspecified atom stereocenters. The van der Waals surface area contributed by atoms with Crippen LogP contribution in [0, 0.1) is 0 Å². The average molecular weight is 277 g/mol. The number of carbonyl (C=O) groups excluding carboxylic acids is 1. The largest absolute Gasteiger partial charge is 0.350 e. The van der Waals surface area contributed by atoms with Crippen molar-refractivity contribution in [3.8, 4) is 0 Å². The second-order valence-electron chi connectivity index (χ2n) is 3.41. The molecule has 17 heavy (non-hydrogen) atoms. The molecule has 1 aromatic rings. The molecule has 7 heteroatoms. The maximum Gasteiger partial charge on any atom is 0.329 e. The van der Waals surface area contributed by atoms with E-state index in [9.17, 15) is 13.2 Å². The molecule has 0 heterocycles. The van der Waals surface area contributed by atoms with Crippen LogP contribution in [0.25, 0.3) is 0 Å². The van der Waals surface area contributed by atoms with Crippen LogP contribution in [-0.2, 0) is 9.84 Å². The average Bonchev–Trinajstić information content (AvgIpc) is 2.29. The van der Waals surface area contributed by atoms with E-state index < -0.39 is 15.9 Å². The zero-order chi connectivity index (χ0) is 12.9. The van der Waals surface area contributed by atoms with Gasteiger partial charge in [0.2, 0.25) is 0 Å². The molecule has 0 bridgehead atoms. The van der Waals surface area contributed by atoms with Gasteiger partial charge in [-0.2, -0.15) is 0 Å². The molecule has 1 rings (SSSR count). The van der Waals surface area contributed by atoms with Crippen LogP contribution >= 0.6 is 11.8 Å². The van der Waals surface area contributed by atoms with Crippen molar-refractivity contribution >= 4 is 27.6 Å². The molecule has 1 aromatic carbocycles. The molecule has 94 valence electrons. The number of primary amides is 1. The molecule has 0 radical (unpaired) electrons. The lowest BCUT2D eigenvalue weighted by Crippen LogP contribution is -2.29. The molecule has 0 aliphatic rings. The van der Waals surface area contributed by atoms with Crippen molar-refractivity contribution in [1.82, 2.24) is 4.42 Å². The number of nitrogens with zero attached hydrogens (tertiary/aromatic N) is 1. The van der Waals surface area contributed by atoms with Gasteiger partial charge in [0.25, 0.3) is 0 Å². The summed E-state index contributed by atoms with van der Waals surface area (Å²) in [5.41, 5.74) is 4.90. The topological polar surface area (TPSA) is 80.5 Å². The summed E-state index contributed by atoms with van der Waals surface area (Å²) in [6.45, 7) is 0.100. The molecule has 0 saturated carbocycles. The Kier molecular flexibility index (Phi) is 4.77. The molecule has 2 amide bonds. The standard InChI is InChI=1S/C10H13ClN2O3S/c11-13(10(12)14)7-4-8-17(15,16)9-5-2-1-3-6-9/h1-3,5-6H,4,7-8H2,(H2,12,14). The van der Waals surface area contributed by atoms with Gasteiger partial charge in [-0.25, -0.2) is 17.6 Å². The summed E-state index contributed by atoms with van der Waals surface area (Å²) in [6, 6.07) is 7.33. The van der Waals surface area contributed by atoms with Crippen LogP contribution in [0.2, 0.25) is 0 Å². The van der Waals surface area contributed by atoms with E-state index in [4.69, 9.17) is 17.5 Å². The summed E-state index contributed by atoms with van der Waals surface area (Å²) in [5, 5.41) is 0. The Morgan fingerprint density at radius 3 is 2.41 bits per heavy atom. The minimum absolute atomic E-state index is 0.0759. The zero-order valence-corrected chi connectivity index (χ0v) is 10.6. The van der Waals surface area contributed by atoms with E-state index in [1.54, 1.807) is 18.2 Å². The minimum atomic E-state index is -3.32. The summed E-state index contributed by atoms with van der Waals surface area (Å²) in [6.07, 6.45) is 0.240. The third-order valence-electron chi connectivity index (χ3n) is 2.11. The molecule has 0 spiro atoms. The Hall–Kier alpha value is -1.27. The first-order valence-corrected chi connectivity index (χ1v) is 6.93.